The number of imidazole rings is 2. The number of aromatic amines is 1. The van der Waals surface area contributed by atoms with Crippen molar-refractivity contribution in [2.24, 2.45) is 19.8 Å². The van der Waals surface area contributed by atoms with Gasteiger partial charge in [-0.2, -0.15) is 0 Å². The van der Waals surface area contributed by atoms with E-state index in [-0.39, 0.29) is 29.9 Å². The van der Waals surface area contributed by atoms with Crippen molar-refractivity contribution in [3.05, 3.63) is 107 Å². The number of nitrogens with two attached hydrogens (primary N) is 2. The van der Waals surface area contributed by atoms with Crippen LogP contribution in [0.15, 0.2) is 60.9 Å². The normalized spacial score (nSPS) is 10.2. The molecule has 4 rings (SSSR count). The molecule has 8 nitrogen and oxygen atoms in total. The maximum atomic E-state index is 13.6. The zero-order chi connectivity index (χ0) is 26.2. The van der Waals surface area contributed by atoms with Crippen LogP contribution in [-0.2, 0) is 31.7 Å². The Kier molecular flexibility index (Phi) is 10.5. The van der Waals surface area contributed by atoms with Gasteiger partial charge in [-0.05, 0) is 30.2 Å². The summed E-state index contributed by atoms with van der Waals surface area (Å²) in [5.74, 6) is 0.737. The van der Waals surface area contributed by atoms with Gasteiger partial charge in [0.2, 0.25) is 5.69 Å². The molecule has 2 heterocycles. The molecule has 0 spiro atoms. The van der Waals surface area contributed by atoms with Gasteiger partial charge in [-0.25, -0.2) is 28.1 Å². The molecule has 2 aromatic carbocycles. The monoisotopic (exact) mass is 532 g/mol. The van der Waals surface area contributed by atoms with Gasteiger partial charge in [-0.15, -0.1) is 12.4 Å². The van der Waals surface area contributed by atoms with Crippen LogP contribution >= 0.6 is 12.4 Å². The molecule has 196 valence electrons. The lowest BCUT2D eigenvalue weighted by molar-refractivity contribution is -0.677. The molecule has 0 fully saturated rings. The average Bonchev–Trinajstić information content (AvgIpc) is 3.40. The SMILES string of the molecule is CCOC(=O)c1c[n+](C)c(Cc2ccccc2F)[nH]1.Cl.Cn1cc(C(N)=[NH2+])nc1Cc1ccccc1F. The third kappa shape index (κ3) is 7.71. The summed E-state index contributed by atoms with van der Waals surface area (Å²) in [4.78, 5) is 18.8. The third-order valence-corrected chi connectivity index (χ3v) is 5.41. The zero-order valence-electron chi connectivity index (χ0n) is 20.9. The summed E-state index contributed by atoms with van der Waals surface area (Å²) in [5, 5.41) is 5.46. The van der Waals surface area contributed by atoms with E-state index in [0.717, 1.165) is 11.6 Å². The number of halogens is 3. The molecule has 11 heteroatoms. The van der Waals surface area contributed by atoms with Crippen molar-refractivity contribution in [3.8, 4) is 0 Å². The number of aromatic nitrogens is 4. The Balaban J connectivity index is 0.000000255. The standard InChI is InChI=1S/C14H15FN2O2.C12H13FN4.ClH/c1-3-19-14(18)12-9-17(2)13(16-12)8-10-6-4-5-7-11(10)15;1-17-7-10(12(14)15)16-11(17)6-8-4-2-3-5-9(8)13;/h4-7,9H,3,8H2,1-2H3;2-5,7H,6H2,1H3,(H3,14,15);1H/p+2. The smallest absolute Gasteiger partial charge is 0.382 e. The maximum Gasteiger partial charge on any atom is 0.382 e. The van der Waals surface area contributed by atoms with Crippen LogP contribution in [0.2, 0.25) is 0 Å². The van der Waals surface area contributed by atoms with Gasteiger partial charge in [0.15, 0.2) is 5.69 Å². The first-order chi connectivity index (χ1) is 17.2. The molecule has 0 unspecified atom stereocenters. The minimum atomic E-state index is -0.405. The molecule has 0 aliphatic heterocycles. The second-order valence-corrected chi connectivity index (χ2v) is 8.09. The van der Waals surface area contributed by atoms with E-state index >= 15 is 0 Å². The third-order valence-electron chi connectivity index (χ3n) is 5.41. The molecule has 0 radical (unpaired) electrons. The molecule has 0 atom stereocenters. The number of carbonyl (C=O) groups excluding carboxylic acids is 1. The fourth-order valence-electron chi connectivity index (χ4n) is 3.47. The van der Waals surface area contributed by atoms with Gasteiger partial charge in [0.25, 0.3) is 11.7 Å². The van der Waals surface area contributed by atoms with Gasteiger partial charge < -0.3 is 9.30 Å². The second-order valence-electron chi connectivity index (χ2n) is 8.09. The number of benzene rings is 2. The minimum Gasteiger partial charge on any atom is -0.460 e. The lowest BCUT2D eigenvalue weighted by Gasteiger charge is -2.02. The number of hydrogen-bond acceptors (Lipinski definition) is 3. The molecule has 0 aliphatic carbocycles. The van der Waals surface area contributed by atoms with Crippen LogP contribution < -0.4 is 15.7 Å². The fourth-order valence-corrected chi connectivity index (χ4v) is 3.47. The van der Waals surface area contributed by atoms with Crippen molar-refractivity contribution >= 4 is 24.2 Å². The highest BCUT2D eigenvalue weighted by Crippen LogP contribution is 2.13. The quantitative estimate of drug-likeness (QED) is 0.146. The number of amidine groups is 1. The van der Waals surface area contributed by atoms with Crippen molar-refractivity contribution < 1.29 is 28.3 Å². The molecule has 2 aromatic heterocycles. The lowest BCUT2D eigenvalue weighted by Crippen LogP contribution is -2.46. The van der Waals surface area contributed by atoms with Crippen molar-refractivity contribution in [1.29, 1.82) is 0 Å². The van der Waals surface area contributed by atoms with Crippen molar-refractivity contribution in [2.75, 3.05) is 6.61 Å². The van der Waals surface area contributed by atoms with Gasteiger partial charge in [-0.3, -0.25) is 11.1 Å². The molecule has 0 aliphatic rings. The number of nitrogens with zero attached hydrogens (tertiary/aromatic N) is 3. The Morgan fingerprint density at radius 1 is 1.11 bits per heavy atom. The van der Waals surface area contributed by atoms with Crippen molar-refractivity contribution in [1.82, 2.24) is 14.5 Å². The highest BCUT2D eigenvalue weighted by molar-refractivity contribution is 5.90. The topological polar surface area (TPSA) is 115 Å². The highest BCUT2D eigenvalue weighted by atomic mass is 35.5. The van der Waals surface area contributed by atoms with E-state index in [0.29, 0.717) is 42.0 Å². The average molecular weight is 533 g/mol. The molecule has 0 saturated carbocycles. The first-order valence-electron chi connectivity index (χ1n) is 11.3. The Bertz CT molecular complexity index is 1370. The Morgan fingerprint density at radius 2 is 1.68 bits per heavy atom. The van der Waals surface area contributed by atoms with Gasteiger partial charge in [0.1, 0.15) is 23.7 Å². The molecule has 0 saturated heterocycles. The second kappa shape index (κ2) is 13.3. The van der Waals surface area contributed by atoms with Crippen LogP contribution in [0.25, 0.3) is 0 Å². The predicted molar refractivity (Wildman–Crippen MR) is 137 cm³/mol. The Hall–Kier alpha value is -4.05. The van der Waals surface area contributed by atoms with Crippen LogP contribution in [0, 0.1) is 11.6 Å². The van der Waals surface area contributed by atoms with E-state index in [4.69, 9.17) is 15.9 Å². The van der Waals surface area contributed by atoms with Gasteiger partial charge in [0.05, 0.1) is 20.1 Å². The van der Waals surface area contributed by atoms with Crippen LogP contribution in [0.5, 0.6) is 0 Å². The summed E-state index contributed by atoms with van der Waals surface area (Å²) >= 11 is 0. The number of ether oxygens (including phenoxy) is 1. The zero-order valence-corrected chi connectivity index (χ0v) is 21.7. The highest BCUT2D eigenvalue weighted by Gasteiger charge is 2.20. The summed E-state index contributed by atoms with van der Waals surface area (Å²) in [5.41, 5.74) is 7.54. The summed E-state index contributed by atoms with van der Waals surface area (Å²) in [7, 11) is 3.63. The summed E-state index contributed by atoms with van der Waals surface area (Å²) in [6.07, 6.45) is 4.18. The molecular formula is C26H31ClF2N6O2+2. The van der Waals surface area contributed by atoms with Crippen molar-refractivity contribution in [3.63, 3.8) is 0 Å². The van der Waals surface area contributed by atoms with Gasteiger partial charge in [-0.1, -0.05) is 36.4 Å². The molecule has 37 heavy (non-hydrogen) atoms. The van der Waals surface area contributed by atoms with Gasteiger partial charge in [0, 0.05) is 19.7 Å². The Labute approximate surface area is 220 Å². The number of hydrogen-bond donors (Lipinski definition) is 3. The van der Waals surface area contributed by atoms with E-state index in [2.05, 4.69) is 9.97 Å². The van der Waals surface area contributed by atoms with Crippen LogP contribution in [0.3, 0.4) is 0 Å². The maximum absolute atomic E-state index is 13.6. The van der Waals surface area contributed by atoms with Gasteiger partial charge >= 0.3 is 5.97 Å². The Morgan fingerprint density at radius 3 is 2.19 bits per heavy atom. The number of H-pyrrole nitrogens is 1. The largest absolute Gasteiger partial charge is 0.460 e. The number of esters is 1. The molecule has 4 aromatic rings. The van der Waals surface area contributed by atoms with E-state index in [1.165, 1.54) is 12.1 Å². The van der Waals surface area contributed by atoms with E-state index < -0.39 is 5.97 Å². The summed E-state index contributed by atoms with van der Waals surface area (Å²) in [6, 6.07) is 13.2. The van der Waals surface area contributed by atoms with E-state index in [1.807, 2.05) is 7.05 Å². The van der Waals surface area contributed by atoms with Crippen LogP contribution in [0.1, 0.15) is 45.9 Å². The van der Waals surface area contributed by atoms with E-state index in [9.17, 15) is 13.6 Å². The first-order valence-corrected chi connectivity index (χ1v) is 11.3. The molecule has 0 amide bonds. The van der Waals surface area contributed by atoms with Crippen molar-refractivity contribution in [2.45, 2.75) is 19.8 Å². The summed E-state index contributed by atoms with van der Waals surface area (Å²) < 4.78 is 35.5. The number of nitrogens with one attached hydrogen (secondary N) is 1. The summed E-state index contributed by atoms with van der Waals surface area (Å²) in [6.45, 7) is 2.07. The minimum absolute atomic E-state index is 0. The first kappa shape index (κ1) is 29.2. The number of carbonyl (C=O) groups is 1. The number of rotatable bonds is 7. The fraction of sp³-hybridized carbons (Fsp3) is 0.231. The van der Waals surface area contributed by atoms with E-state index in [1.54, 1.807) is 71.9 Å². The van der Waals surface area contributed by atoms with Crippen LogP contribution in [-0.4, -0.2) is 32.9 Å². The predicted octanol–water partition coefficient (Wildman–Crippen LogP) is 1.78. The molecule has 5 N–H and O–H groups in total. The lowest BCUT2D eigenvalue weighted by atomic mass is 10.1. The van der Waals surface area contributed by atoms with Crippen LogP contribution in [0.4, 0.5) is 8.78 Å². The number of aryl methyl sites for hydroxylation is 2. The molecule has 0 bridgehead atoms. The molecular weight excluding hydrogens is 502 g/mol.